The number of carbonyl (C=O) groups is 1. The third kappa shape index (κ3) is 4.46. The summed E-state index contributed by atoms with van der Waals surface area (Å²) in [5.74, 6) is 2.19. The van der Waals surface area contributed by atoms with Gasteiger partial charge >= 0.3 is 0 Å². The summed E-state index contributed by atoms with van der Waals surface area (Å²) in [6.07, 6.45) is 0. The van der Waals surface area contributed by atoms with Crippen LogP contribution in [0.5, 0.6) is 0 Å². The van der Waals surface area contributed by atoms with Gasteiger partial charge in [0.25, 0.3) is 5.91 Å². The van der Waals surface area contributed by atoms with Gasteiger partial charge in [-0.1, -0.05) is 61.9 Å². The Hall–Kier alpha value is -3.21. The van der Waals surface area contributed by atoms with Gasteiger partial charge < -0.3 is 9.80 Å². The largest absolute Gasteiger partial charge is 0.353 e. The molecule has 31 heavy (non-hydrogen) atoms. The molecule has 0 radical (unpaired) electrons. The monoisotopic (exact) mass is 414 g/mol. The van der Waals surface area contributed by atoms with Gasteiger partial charge in [-0.15, -0.1) is 0 Å². The van der Waals surface area contributed by atoms with E-state index >= 15 is 0 Å². The van der Waals surface area contributed by atoms with E-state index in [-0.39, 0.29) is 5.91 Å². The van der Waals surface area contributed by atoms with Crippen molar-refractivity contribution in [2.24, 2.45) is 0 Å². The summed E-state index contributed by atoms with van der Waals surface area (Å²) in [7, 11) is 0. The molecule has 0 unspecified atom stereocenters. The number of hydrogen-bond donors (Lipinski definition) is 0. The molecule has 1 aromatic heterocycles. The standard InChI is InChI=1S/C26H30N4O/c1-18(2)23-20(4)27-24(21-8-6-5-7-9-21)28-25(23)29-14-16-30(17-15-29)26(31)22-12-10-19(3)11-13-22/h5-13,18H,14-17H2,1-4H3. The molecule has 1 fully saturated rings. The van der Waals surface area contributed by atoms with Crippen LogP contribution in [0.3, 0.4) is 0 Å². The molecule has 4 rings (SSSR count). The summed E-state index contributed by atoms with van der Waals surface area (Å²) in [5.41, 5.74) is 5.16. The summed E-state index contributed by atoms with van der Waals surface area (Å²) >= 11 is 0. The van der Waals surface area contributed by atoms with Crippen molar-refractivity contribution in [3.8, 4) is 11.4 Å². The lowest BCUT2D eigenvalue weighted by Gasteiger charge is -2.37. The molecule has 0 bridgehead atoms. The fraction of sp³-hybridized carbons (Fsp3) is 0.346. The number of benzene rings is 2. The van der Waals surface area contributed by atoms with Gasteiger partial charge in [0.15, 0.2) is 5.82 Å². The molecule has 0 spiro atoms. The van der Waals surface area contributed by atoms with Gasteiger partial charge in [-0.05, 0) is 31.9 Å². The zero-order valence-corrected chi connectivity index (χ0v) is 18.8. The molecular weight excluding hydrogens is 384 g/mol. The van der Waals surface area contributed by atoms with Crippen LogP contribution in [-0.4, -0.2) is 47.0 Å². The lowest BCUT2D eigenvalue weighted by Crippen LogP contribution is -2.49. The number of aromatic nitrogens is 2. The Balaban J connectivity index is 1.58. The molecule has 2 aromatic carbocycles. The quantitative estimate of drug-likeness (QED) is 0.613. The molecular formula is C26H30N4O. The highest BCUT2D eigenvalue weighted by molar-refractivity contribution is 5.94. The smallest absolute Gasteiger partial charge is 0.253 e. The number of anilines is 1. The number of aryl methyl sites for hydroxylation is 2. The van der Waals surface area contributed by atoms with Crippen LogP contribution in [0, 0.1) is 13.8 Å². The Kier molecular flexibility index (Phi) is 6.03. The lowest BCUT2D eigenvalue weighted by molar-refractivity contribution is 0.0746. The van der Waals surface area contributed by atoms with E-state index < -0.39 is 0 Å². The van der Waals surface area contributed by atoms with Crippen LogP contribution in [0.15, 0.2) is 54.6 Å². The topological polar surface area (TPSA) is 49.3 Å². The fourth-order valence-electron chi connectivity index (χ4n) is 4.20. The van der Waals surface area contributed by atoms with Gasteiger partial charge in [0.05, 0.1) is 0 Å². The normalized spacial score (nSPS) is 14.2. The molecule has 1 amide bonds. The maximum atomic E-state index is 12.9. The maximum absolute atomic E-state index is 12.9. The van der Waals surface area contributed by atoms with Crippen LogP contribution < -0.4 is 4.90 Å². The Morgan fingerprint density at radius 1 is 0.871 bits per heavy atom. The van der Waals surface area contributed by atoms with Gasteiger partial charge in [-0.2, -0.15) is 0 Å². The molecule has 1 saturated heterocycles. The maximum Gasteiger partial charge on any atom is 0.253 e. The summed E-state index contributed by atoms with van der Waals surface area (Å²) in [5, 5.41) is 0. The Labute approximate surface area is 184 Å². The zero-order chi connectivity index (χ0) is 22.0. The molecule has 0 aliphatic carbocycles. The van der Waals surface area contributed by atoms with E-state index in [1.165, 1.54) is 5.56 Å². The highest BCUT2D eigenvalue weighted by Gasteiger charge is 2.26. The second-order valence-electron chi connectivity index (χ2n) is 8.54. The van der Waals surface area contributed by atoms with Crippen LogP contribution >= 0.6 is 0 Å². The summed E-state index contributed by atoms with van der Waals surface area (Å²) in [6, 6.07) is 17.9. The predicted molar refractivity (Wildman–Crippen MR) is 126 cm³/mol. The van der Waals surface area contributed by atoms with Gasteiger partial charge in [-0.3, -0.25) is 4.79 Å². The Morgan fingerprint density at radius 3 is 2.13 bits per heavy atom. The van der Waals surface area contributed by atoms with Crippen molar-refractivity contribution in [2.75, 3.05) is 31.1 Å². The first-order valence-corrected chi connectivity index (χ1v) is 11.0. The number of piperazine rings is 1. The second kappa shape index (κ2) is 8.88. The minimum atomic E-state index is 0.104. The first-order valence-electron chi connectivity index (χ1n) is 11.0. The lowest BCUT2D eigenvalue weighted by atomic mass is 10.0. The van der Waals surface area contributed by atoms with Crippen LogP contribution in [0.25, 0.3) is 11.4 Å². The van der Waals surface area contributed by atoms with Gasteiger partial charge in [0, 0.05) is 48.6 Å². The summed E-state index contributed by atoms with van der Waals surface area (Å²) in [6.45, 7) is 11.4. The van der Waals surface area contributed by atoms with E-state index in [9.17, 15) is 4.79 Å². The van der Waals surface area contributed by atoms with Crippen molar-refractivity contribution in [2.45, 2.75) is 33.6 Å². The minimum Gasteiger partial charge on any atom is -0.353 e. The van der Waals surface area contributed by atoms with E-state index in [0.717, 1.165) is 47.1 Å². The molecule has 2 heterocycles. The van der Waals surface area contributed by atoms with Crippen molar-refractivity contribution < 1.29 is 4.79 Å². The molecule has 0 saturated carbocycles. The number of amides is 1. The van der Waals surface area contributed by atoms with Gasteiger partial charge in [-0.25, -0.2) is 9.97 Å². The Morgan fingerprint density at radius 2 is 1.52 bits per heavy atom. The molecule has 3 aromatic rings. The van der Waals surface area contributed by atoms with Crippen LogP contribution in [0.1, 0.15) is 46.9 Å². The van der Waals surface area contributed by atoms with E-state index in [0.29, 0.717) is 19.0 Å². The molecule has 160 valence electrons. The van der Waals surface area contributed by atoms with Crippen LogP contribution in [0.2, 0.25) is 0 Å². The van der Waals surface area contributed by atoms with Crippen molar-refractivity contribution >= 4 is 11.7 Å². The van der Waals surface area contributed by atoms with Gasteiger partial charge in [0.2, 0.25) is 0 Å². The average Bonchev–Trinajstić information content (AvgIpc) is 2.79. The van der Waals surface area contributed by atoms with E-state index in [1.54, 1.807) is 0 Å². The molecule has 1 aliphatic heterocycles. The van der Waals surface area contributed by atoms with Crippen molar-refractivity contribution in [3.63, 3.8) is 0 Å². The first-order chi connectivity index (χ1) is 14.9. The SMILES string of the molecule is Cc1ccc(C(=O)N2CCN(c3nc(-c4ccccc4)nc(C)c3C(C)C)CC2)cc1. The Bertz CT molecular complexity index is 1050. The third-order valence-electron chi connectivity index (χ3n) is 5.89. The number of nitrogens with zero attached hydrogens (tertiary/aromatic N) is 4. The summed E-state index contributed by atoms with van der Waals surface area (Å²) in [4.78, 5) is 27.0. The van der Waals surface area contributed by atoms with E-state index in [2.05, 4.69) is 25.7 Å². The molecule has 0 atom stereocenters. The van der Waals surface area contributed by atoms with Crippen LogP contribution in [0.4, 0.5) is 5.82 Å². The number of rotatable bonds is 4. The average molecular weight is 415 g/mol. The molecule has 0 N–H and O–H groups in total. The fourth-order valence-corrected chi connectivity index (χ4v) is 4.20. The predicted octanol–water partition coefficient (Wildman–Crippen LogP) is 4.85. The second-order valence-corrected chi connectivity index (χ2v) is 8.54. The third-order valence-corrected chi connectivity index (χ3v) is 5.89. The van der Waals surface area contributed by atoms with E-state index in [1.807, 2.05) is 66.4 Å². The first kappa shape index (κ1) is 21.0. The zero-order valence-electron chi connectivity index (χ0n) is 18.8. The highest BCUT2D eigenvalue weighted by Crippen LogP contribution is 2.31. The van der Waals surface area contributed by atoms with Crippen molar-refractivity contribution in [1.82, 2.24) is 14.9 Å². The molecule has 5 heteroatoms. The molecule has 5 nitrogen and oxygen atoms in total. The van der Waals surface area contributed by atoms with Crippen LogP contribution in [-0.2, 0) is 0 Å². The minimum absolute atomic E-state index is 0.104. The van der Waals surface area contributed by atoms with Crippen molar-refractivity contribution in [1.29, 1.82) is 0 Å². The highest BCUT2D eigenvalue weighted by atomic mass is 16.2. The number of hydrogen-bond acceptors (Lipinski definition) is 4. The van der Waals surface area contributed by atoms with Crippen molar-refractivity contribution in [3.05, 3.63) is 77.0 Å². The molecule has 1 aliphatic rings. The van der Waals surface area contributed by atoms with E-state index in [4.69, 9.17) is 9.97 Å². The van der Waals surface area contributed by atoms with Gasteiger partial charge in [0.1, 0.15) is 5.82 Å². The number of carbonyl (C=O) groups excluding carboxylic acids is 1. The summed E-state index contributed by atoms with van der Waals surface area (Å²) < 4.78 is 0.